The standard InChI is InChI=1S/C16H20O7/c1-2-8-21-14-12(17)11(23-16(20)13(14)18)9-22-15(19)10-6-4-3-5-7-10/h2-7,11-14,16-18,20H,1,8-9H2/t11-,12-,13-,14+,16-/m1/s1. The summed E-state index contributed by atoms with van der Waals surface area (Å²) in [5, 5.41) is 29.7. The molecule has 3 N–H and O–H groups in total. The van der Waals surface area contributed by atoms with Crippen molar-refractivity contribution in [3.8, 4) is 0 Å². The molecule has 2 rings (SSSR count). The molecular formula is C16H20O7. The van der Waals surface area contributed by atoms with Crippen LogP contribution in [0.25, 0.3) is 0 Å². The summed E-state index contributed by atoms with van der Waals surface area (Å²) >= 11 is 0. The molecule has 1 aromatic carbocycles. The van der Waals surface area contributed by atoms with Crippen molar-refractivity contribution in [2.24, 2.45) is 0 Å². The zero-order valence-electron chi connectivity index (χ0n) is 12.4. The molecule has 23 heavy (non-hydrogen) atoms. The fraction of sp³-hybridized carbons (Fsp3) is 0.438. The van der Waals surface area contributed by atoms with Crippen LogP contribution in [0, 0.1) is 0 Å². The number of aliphatic hydroxyl groups excluding tert-OH is 3. The first-order chi connectivity index (χ1) is 11.0. The quantitative estimate of drug-likeness (QED) is 0.494. The van der Waals surface area contributed by atoms with Crippen molar-refractivity contribution in [2.75, 3.05) is 13.2 Å². The summed E-state index contributed by atoms with van der Waals surface area (Å²) in [6.45, 7) is 3.28. The summed E-state index contributed by atoms with van der Waals surface area (Å²) in [7, 11) is 0. The van der Waals surface area contributed by atoms with Crippen molar-refractivity contribution in [2.45, 2.75) is 30.7 Å². The highest BCUT2D eigenvalue weighted by atomic mass is 16.7. The normalized spacial score (nSPS) is 30.7. The van der Waals surface area contributed by atoms with Crippen LogP contribution in [0.1, 0.15) is 10.4 Å². The Bertz CT molecular complexity index is 518. The second-order valence-electron chi connectivity index (χ2n) is 5.10. The van der Waals surface area contributed by atoms with Crippen LogP contribution in [0.4, 0.5) is 0 Å². The van der Waals surface area contributed by atoms with E-state index in [0.717, 1.165) is 0 Å². The predicted octanol–water partition coefficient (Wildman–Crippen LogP) is -0.146. The Labute approximate surface area is 133 Å². The molecule has 126 valence electrons. The molecule has 0 aromatic heterocycles. The largest absolute Gasteiger partial charge is 0.459 e. The minimum absolute atomic E-state index is 0.0853. The van der Waals surface area contributed by atoms with E-state index >= 15 is 0 Å². The van der Waals surface area contributed by atoms with Gasteiger partial charge in [0, 0.05) is 0 Å². The summed E-state index contributed by atoms with van der Waals surface area (Å²) in [5.74, 6) is -0.578. The SMILES string of the molecule is C=CCO[C@@H]1[C@@H](O)[C@H](O)O[C@H](COC(=O)c2ccccc2)[C@H]1O. The lowest BCUT2D eigenvalue weighted by molar-refractivity contribution is -0.292. The van der Waals surface area contributed by atoms with E-state index < -0.39 is 36.7 Å². The van der Waals surface area contributed by atoms with E-state index in [-0.39, 0.29) is 13.2 Å². The van der Waals surface area contributed by atoms with Crippen molar-refractivity contribution in [1.29, 1.82) is 0 Å². The summed E-state index contributed by atoms with van der Waals surface area (Å²) < 4.78 is 15.4. The van der Waals surface area contributed by atoms with E-state index in [9.17, 15) is 20.1 Å². The van der Waals surface area contributed by atoms with E-state index in [4.69, 9.17) is 14.2 Å². The smallest absolute Gasteiger partial charge is 0.338 e. The number of carbonyl (C=O) groups excluding carboxylic acids is 1. The van der Waals surface area contributed by atoms with Gasteiger partial charge in [-0.2, -0.15) is 0 Å². The molecule has 1 fully saturated rings. The molecule has 0 radical (unpaired) electrons. The lowest BCUT2D eigenvalue weighted by Gasteiger charge is -2.40. The molecule has 0 bridgehead atoms. The van der Waals surface area contributed by atoms with Gasteiger partial charge in [-0.15, -0.1) is 6.58 Å². The van der Waals surface area contributed by atoms with Crippen LogP contribution in [0.3, 0.4) is 0 Å². The van der Waals surface area contributed by atoms with Gasteiger partial charge in [0.1, 0.15) is 31.0 Å². The number of esters is 1. The van der Waals surface area contributed by atoms with Gasteiger partial charge in [0.25, 0.3) is 0 Å². The molecule has 7 heteroatoms. The van der Waals surface area contributed by atoms with Crippen LogP contribution in [-0.2, 0) is 14.2 Å². The first kappa shape index (κ1) is 17.6. The van der Waals surface area contributed by atoms with Gasteiger partial charge >= 0.3 is 5.97 Å². The molecule has 1 aliphatic heterocycles. The van der Waals surface area contributed by atoms with Crippen LogP contribution in [0.2, 0.25) is 0 Å². The zero-order chi connectivity index (χ0) is 16.8. The van der Waals surface area contributed by atoms with Crippen molar-refractivity contribution in [3.63, 3.8) is 0 Å². The number of hydrogen-bond donors (Lipinski definition) is 3. The molecule has 1 aliphatic rings. The average molecular weight is 324 g/mol. The Morgan fingerprint density at radius 3 is 2.57 bits per heavy atom. The van der Waals surface area contributed by atoms with Gasteiger partial charge in [-0.1, -0.05) is 24.3 Å². The molecule has 0 amide bonds. The molecule has 0 saturated carbocycles. The van der Waals surface area contributed by atoms with Crippen molar-refractivity contribution < 1.29 is 34.3 Å². The topological polar surface area (TPSA) is 105 Å². The summed E-state index contributed by atoms with van der Waals surface area (Å²) in [6.07, 6.45) is -4.87. The molecule has 0 aliphatic carbocycles. The number of benzene rings is 1. The molecule has 1 heterocycles. The third-order valence-electron chi connectivity index (χ3n) is 3.46. The van der Waals surface area contributed by atoms with E-state index in [1.165, 1.54) is 6.08 Å². The molecular weight excluding hydrogens is 304 g/mol. The Kier molecular flexibility index (Phi) is 6.26. The average Bonchev–Trinajstić information content (AvgIpc) is 2.57. The minimum atomic E-state index is -1.55. The van der Waals surface area contributed by atoms with Gasteiger partial charge in [0.05, 0.1) is 12.2 Å². The molecule has 5 atom stereocenters. The third-order valence-corrected chi connectivity index (χ3v) is 3.46. The number of ether oxygens (including phenoxy) is 3. The lowest BCUT2D eigenvalue weighted by Crippen LogP contribution is -2.59. The fourth-order valence-corrected chi connectivity index (χ4v) is 2.25. The Morgan fingerprint density at radius 1 is 1.22 bits per heavy atom. The maximum Gasteiger partial charge on any atom is 0.338 e. The van der Waals surface area contributed by atoms with E-state index in [1.54, 1.807) is 30.3 Å². The van der Waals surface area contributed by atoms with Crippen LogP contribution < -0.4 is 0 Å². The van der Waals surface area contributed by atoms with Gasteiger partial charge in [0.15, 0.2) is 6.29 Å². The number of carbonyl (C=O) groups is 1. The summed E-state index contributed by atoms with van der Waals surface area (Å²) in [4.78, 5) is 11.9. The first-order valence-electron chi connectivity index (χ1n) is 7.19. The molecule has 1 aromatic rings. The maximum absolute atomic E-state index is 11.9. The minimum Gasteiger partial charge on any atom is -0.459 e. The highest BCUT2D eigenvalue weighted by Gasteiger charge is 2.45. The molecule has 1 saturated heterocycles. The first-order valence-corrected chi connectivity index (χ1v) is 7.19. The van der Waals surface area contributed by atoms with Gasteiger partial charge < -0.3 is 29.5 Å². The van der Waals surface area contributed by atoms with Crippen molar-refractivity contribution >= 4 is 5.97 Å². The number of rotatable bonds is 6. The van der Waals surface area contributed by atoms with E-state index in [2.05, 4.69) is 6.58 Å². The Morgan fingerprint density at radius 2 is 1.91 bits per heavy atom. The highest BCUT2D eigenvalue weighted by Crippen LogP contribution is 2.23. The monoisotopic (exact) mass is 324 g/mol. The van der Waals surface area contributed by atoms with Gasteiger partial charge in [0.2, 0.25) is 0 Å². The Balaban J connectivity index is 1.95. The third kappa shape index (κ3) is 4.37. The summed E-state index contributed by atoms with van der Waals surface area (Å²) in [6, 6.07) is 8.35. The van der Waals surface area contributed by atoms with Gasteiger partial charge in [-0.3, -0.25) is 0 Å². The van der Waals surface area contributed by atoms with Crippen molar-refractivity contribution in [1.82, 2.24) is 0 Å². The van der Waals surface area contributed by atoms with Crippen LogP contribution in [-0.4, -0.2) is 65.2 Å². The Hall–Kier alpha value is -1.77. The van der Waals surface area contributed by atoms with Crippen molar-refractivity contribution in [3.05, 3.63) is 48.6 Å². The van der Waals surface area contributed by atoms with E-state index in [0.29, 0.717) is 5.56 Å². The molecule has 7 nitrogen and oxygen atoms in total. The zero-order valence-corrected chi connectivity index (χ0v) is 12.4. The number of aliphatic hydroxyl groups is 3. The van der Waals surface area contributed by atoms with Gasteiger partial charge in [-0.05, 0) is 12.1 Å². The maximum atomic E-state index is 11.9. The highest BCUT2D eigenvalue weighted by molar-refractivity contribution is 5.89. The number of hydrogen-bond acceptors (Lipinski definition) is 7. The second-order valence-corrected chi connectivity index (χ2v) is 5.10. The molecule has 0 spiro atoms. The van der Waals surface area contributed by atoms with Gasteiger partial charge in [-0.25, -0.2) is 4.79 Å². The molecule has 0 unspecified atom stereocenters. The van der Waals surface area contributed by atoms with Crippen LogP contribution in [0.5, 0.6) is 0 Å². The fourth-order valence-electron chi connectivity index (χ4n) is 2.25. The predicted molar refractivity (Wildman–Crippen MR) is 79.6 cm³/mol. The van der Waals surface area contributed by atoms with E-state index in [1.807, 2.05) is 0 Å². The summed E-state index contributed by atoms with van der Waals surface area (Å²) in [5.41, 5.74) is 0.359. The van der Waals surface area contributed by atoms with Crippen LogP contribution in [0.15, 0.2) is 43.0 Å². The van der Waals surface area contributed by atoms with Crippen LogP contribution >= 0.6 is 0 Å². The lowest BCUT2D eigenvalue weighted by atomic mass is 9.99. The second kappa shape index (κ2) is 8.19.